The molecular formula is C21H14Br2ClN3O5S. The number of hydrogen-bond donors (Lipinski definition) is 2. The van der Waals surface area contributed by atoms with Gasteiger partial charge in [-0.15, -0.1) is 0 Å². The van der Waals surface area contributed by atoms with Crippen molar-refractivity contribution in [3.8, 4) is 0 Å². The Morgan fingerprint density at radius 1 is 0.970 bits per heavy atom. The van der Waals surface area contributed by atoms with Crippen molar-refractivity contribution in [1.29, 1.82) is 0 Å². The Labute approximate surface area is 211 Å². The number of nitrogens with zero attached hydrogens (tertiary/aromatic N) is 2. The van der Waals surface area contributed by atoms with Gasteiger partial charge in [-0.3, -0.25) is 4.79 Å². The third-order valence-electron chi connectivity index (χ3n) is 4.22. The predicted molar refractivity (Wildman–Crippen MR) is 130 cm³/mol. The van der Waals surface area contributed by atoms with Crippen molar-refractivity contribution in [2.75, 3.05) is 5.32 Å². The van der Waals surface area contributed by atoms with Crippen LogP contribution in [0.2, 0.25) is 5.02 Å². The van der Waals surface area contributed by atoms with Gasteiger partial charge in [-0.05, 0) is 54.1 Å². The van der Waals surface area contributed by atoms with Crippen LogP contribution in [0.1, 0.15) is 26.3 Å². The quantitative estimate of drug-likeness (QED) is 0.308. The SMILES string of the molecule is O=C(Nc1ccc(Br)cc1C(=O)O)c1cc(Br)cc(S(=O)(=O)N=NCc2ccc(Cl)cc2)c1. The zero-order chi connectivity index (χ0) is 24.2. The molecule has 1 amide bonds. The minimum absolute atomic E-state index is 0.0184. The van der Waals surface area contributed by atoms with Crippen LogP contribution in [0, 0.1) is 0 Å². The summed E-state index contributed by atoms with van der Waals surface area (Å²) < 4.78 is 29.5. The largest absolute Gasteiger partial charge is 0.478 e. The molecule has 0 atom stereocenters. The number of benzene rings is 3. The standard InChI is InChI=1S/C21H14Br2ClN3O5S/c22-14-3-6-19(18(10-14)21(29)30)26-20(28)13-7-15(23)9-17(8-13)33(31,32)27-25-11-12-1-4-16(24)5-2-12/h1-10H,11H2,(H,26,28)(H,29,30). The third kappa shape index (κ3) is 6.70. The number of aromatic carboxylic acids is 1. The maximum Gasteiger partial charge on any atom is 0.337 e. The Morgan fingerprint density at radius 3 is 2.33 bits per heavy atom. The number of anilines is 1. The number of carbonyl (C=O) groups is 2. The first-order valence-corrected chi connectivity index (χ1v) is 12.5. The van der Waals surface area contributed by atoms with Gasteiger partial charge in [0.2, 0.25) is 0 Å². The highest BCUT2D eigenvalue weighted by Gasteiger charge is 2.19. The van der Waals surface area contributed by atoms with Crippen molar-refractivity contribution in [3.05, 3.63) is 91.3 Å². The maximum atomic E-state index is 12.7. The van der Waals surface area contributed by atoms with E-state index in [1.54, 1.807) is 30.3 Å². The topological polar surface area (TPSA) is 125 Å². The van der Waals surface area contributed by atoms with Gasteiger partial charge in [0, 0.05) is 19.5 Å². The average molecular weight is 616 g/mol. The van der Waals surface area contributed by atoms with Gasteiger partial charge >= 0.3 is 5.97 Å². The number of carbonyl (C=O) groups excluding carboxylic acids is 1. The van der Waals surface area contributed by atoms with Crippen LogP contribution in [0.15, 0.2) is 84.1 Å². The number of rotatable bonds is 7. The van der Waals surface area contributed by atoms with Gasteiger partial charge in [0.05, 0.1) is 22.7 Å². The van der Waals surface area contributed by atoms with E-state index in [2.05, 4.69) is 46.8 Å². The van der Waals surface area contributed by atoms with Crippen molar-refractivity contribution in [1.82, 2.24) is 0 Å². The second kappa shape index (κ2) is 10.6. The molecule has 33 heavy (non-hydrogen) atoms. The molecular weight excluding hydrogens is 602 g/mol. The van der Waals surface area contributed by atoms with Crippen molar-refractivity contribution in [2.45, 2.75) is 11.4 Å². The highest BCUT2D eigenvalue weighted by atomic mass is 79.9. The summed E-state index contributed by atoms with van der Waals surface area (Å²) in [5.74, 6) is -1.93. The number of carboxylic acid groups (broad SMARTS) is 1. The molecule has 170 valence electrons. The van der Waals surface area contributed by atoms with Crippen molar-refractivity contribution in [2.24, 2.45) is 9.63 Å². The normalized spacial score (nSPS) is 11.5. The van der Waals surface area contributed by atoms with E-state index >= 15 is 0 Å². The minimum Gasteiger partial charge on any atom is -0.478 e. The lowest BCUT2D eigenvalue weighted by Crippen LogP contribution is -2.15. The average Bonchev–Trinajstić information content (AvgIpc) is 2.75. The number of nitrogens with one attached hydrogen (secondary N) is 1. The number of sulfonamides is 1. The van der Waals surface area contributed by atoms with Crippen LogP contribution in [-0.4, -0.2) is 25.4 Å². The highest BCUT2D eigenvalue weighted by molar-refractivity contribution is 9.10. The molecule has 0 aliphatic rings. The Balaban J connectivity index is 1.84. The molecule has 0 aliphatic heterocycles. The molecule has 0 aromatic heterocycles. The van der Waals surface area contributed by atoms with Gasteiger partial charge in [0.15, 0.2) is 0 Å². The molecule has 0 saturated carbocycles. The fourth-order valence-electron chi connectivity index (χ4n) is 2.66. The number of carboxylic acids is 1. The predicted octanol–water partition coefficient (Wildman–Crippen LogP) is 6.16. The zero-order valence-electron chi connectivity index (χ0n) is 16.5. The fraction of sp³-hybridized carbons (Fsp3) is 0.0476. The molecule has 3 rings (SSSR count). The molecule has 0 bridgehead atoms. The van der Waals surface area contributed by atoms with Crippen molar-refractivity contribution in [3.63, 3.8) is 0 Å². The van der Waals surface area contributed by atoms with E-state index < -0.39 is 21.9 Å². The molecule has 0 unspecified atom stereocenters. The summed E-state index contributed by atoms with van der Waals surface area (Å²) in [6.07, 6.45) is 0. The maximum absolute atomic E-state index is 12.7. The smallest absolute Gasteiger partial charge is 0.337 e. The van der Waals surface area contributed by atoms with Crippen LogP contribution >= 0.6 is 43.5 Å². The van der Waals surface area contributed by atoms with E-state index in [0.717, 1.165) is 11.6 Å². The highest BCUT2D eigenvalue weighted by Crippen LogP contribution is 2.25. The van der Waals surface area contributed by atoms with Gasteiger partial charge in [0.1, 0.15) is 0 Å². The van der Waals surface area contributed by atoms with E-state index in [-0.39, 0.29) is 28.3 Å². The third-order valence-corrected chi connectivity index (χ3v) is 6.59. The van der Waals surface area contributed by atoms with Gasteiger partial charge in [0.25, 0.3) is 15.9 Å². The van der Waals surface area contributed by atoms with Crippen molar-refractivity contribution >= 4 is 71.0 Å². The van der Waals surface area contributed by atoms with Crippen LogP contribution in [0.5, 0.6) is 0 Å². The van der Waals surface area contributed by atoms with E-state index in [9.17, 15) is 23.1 Å². The Bertz CT molecular complexity index is 1360. The van der Waals surface area contributed by atoms with E-state index in [0.29, 0.717) is 14.0 Å². The molecule has 0 heterocycles. The van der Waals surface area contributed by atoms with Gasteiger partial charge < -0.3 is 10.4 Å². The number of hydrogen-bond acceptors (Lipinski definition) is 5. The van der Waals surface area contributed by atoms with Gasteiger partial charge in [-0.2, -0.15) is 13.5 Å². The molecule has 3 aromatic rings. The van der Waals surface area contributed by atoms with Crippen LogP contribution in [0.4, 0.5) is 5.69 Å². The first kappa shape index (κ1) is 25.0. The van der Waals surface area contributed by atoms with E-state index in [4.69, 9.17) is 11.6 Å². The lowest BCUT2D eigenvalue weighted by atomic mass is 10.1. The zero-order valence-corrected chi connectivity index (χ0v) is 21.2. The monoisotopic (exact) mass is 613 g/mol. The summed E-state index contributed by atoms with van der Waals surface area (Å²) >= 11 is 12.2. The molecule has 0 aliphatic carbocycles. The number of halogens is 3. The Hall–Kier alpha value is -2.60. The van der Waals surface area contributed by atoms with Gasteiger partial charge in [-0.1, -0.05) is 60.1 Å². The first-order chi connectivity index (χ1) is 15.5. The molecule has 0 spiro atoms. The first-order valence-electron chi connectivity index (χ1n) is 9.08. The second-order valence-corrected chi connectivity index (χ2v) is 10.5. The van der Waals surface area contributed by atoms with Crippen molar-refractivity contribution < 1.29 is 23.1 Å². The molecule has 8 nitrogen and oxygen atoms in total. The summed E-state index contributed by atoms with van der Waals surface area (Å²) in [7, 11) is -4.20. The van der Waals surface area contributed by atoms with Crippen LogP contribution in [0.3, 0.4) is 0 Å². The summed E-state index contributed by atoms with van der Waals surface area (Å²) in [5.41, 5.74) is 0.630. The fourth-order valence-corrected chi connectivity index (χ4v) is 4.65. The summed E-state index contributed by atoms with van der Waals surface area (Å²) in [4.78, 5) is 23.9. The molecule has 2 N–H and O–H groups in total. The lowest BCUT2D eigenvalue weighted by Gasteiger charge is -2.10. The Morgan fingerprint density at radius 2 is 1.67 bits per heavy atom. The second-order valence-electron chi connectivity index (χ2n) is 6.61. The molecule has 0 radical (unpaired) electrons. The lowest BCUT2D eigenvalue weighted by molar-refractivity contribution is 0.0698. The van der Waals surface area contributed by atoms with E-state index in [1.807, 2.05) is 0 Å². The van der Waals surface area contributed by atoms with Gasteiger partial charge in [-0.25, -0.2) is 4.79 Å². The summed E-state index contributed by atoms with van der Waals surface area (Å²) in [6, 6.07) is 14.9. The molecule has 12 heteroatoms. The molecule has 3 aromatic carbocycles. The molecule has 0 saturated heterocycles. The van der Waals surface area contributed by atoms with Crippen LogP contribution in [-0.2, 0) is 16.6 Å². The summed E-state index contributed by atoms with van der Waals surface area (Å²) in [6.45, 7) is 0.0271. The van der Waals surface area contributed by atoms with Crippen LogP contribution in [0.25, 0.3) is 0 Å². The Kier molecular flexibility index (Phi) is 8.01. The summed E-state index contributed by atoms with van der Waals surface area (Å²) in [5, 5.41) is 16.1. The van der Waals surface area contributed by atoms with Crippen LogP contribution < -0.4 is 5.32 Å². The number of amides is 1. The minimum atomic E-state index is -4.20. The molecule has 0 fully saturated rings. The van der Waals surface area contributed by atoms with E-state index in [1.165, 1.54) is 24.3 Å².